The van der Waals surface area contributed by atoms with Gasteiger partial charge < -0.3 is 14.4 Å². The van der Waals surface area contributed by atoms with Crippen LogP contribution in [0.5, 0.6) is 23.0 Å². The predicted octanol–water partition coefficient (Wildman–Crippen LogP) is 11.9. The Morgan fingerprint density at radius 1 is 0.488 bits per heavy atom. The summed E-state index contributed by atoms with van der Waals surface area (Å²) in [7, 11) is 0. The number of anilines is 3. The molecule has 43 heavy (non-hydrogen) atoms. The maximum absolute atomic E-state index is 6.32. The van der Waals surface area contributed by atoms with E-state index in [-0.39, 0.29) is 0 Å². The van der Waals surface area contributed by atoms with Crippen molar-refractivity contribution < 1.29 is 9.47 Å². The molecule has 0 bridgehead atoms. The molecule has 0 amide bonds. The van der Waals surface area contributed by atoms with E-state index in [0.717, 1.165) is 68.7 Å². The standard InChI is InChI=1S/C40H33NO2/c1-3-28(2)29-18-20-30(21-19-29)41-39-24-22-33(42-31-12-6-4-7-13-31)26-37(39)35-16-10-11-17-36(35)38-27-34(23-25-40(38)41)43-32-14-8-5-9-15-32/h4-28H,3H2,1-2H3. The van der Waals surface area contributed by atoms with Gasteiger partial charge in [0.1, 0.15) is 23.0 Å². The minimum Gasteiger partial charge on any atom is -0.457 e. The van der Waals surface area contributed by atoms with Gasteiger partial charge in [-0.05, 0) is 102 Å². The quantitative estimate of drug-likeness (QED) is 0.194. The monoisotopic (exact) mass is 559 g/mol. The highest BCUT2D eigenvalue weighted by atomic mass is 16.5. The van der Waals surface area contributed by atoms with Crippen LogP contribution in [0.4, 0.5) is 17.1 Å². The average Bonchev–Trinajstić information content (AvgIpc) is 3.18. The van der Waals surface area contributed by atoms with Crippen molar-refractivity contribution in [3.8, 4) is 45.3 Å². The fourth-order valence-electron chi connectivity index (χ4n) is 5.78. The molecular weight excluding hydrogens is 526 g/mol. The molecule has 1 unspecified atom stereocenters. The second-order valence-corrected chi connectivity index (χ2v) is 11.0. The number of para-hydroxylation sites is 2. The highest BCUT2D eigenvalue weighted by Crippen LogP contribution is 2.52. The molecule has 1 aliphatic rings. The molecule has 0 N–H and O–H groups in total. The lowest BCUT2D eigenvalue weighted by atomic mass is 9.94. The van der Waals surface area contributed by atoms with Crippen molar-refractivity contribution in [1.29, 1.82) is 0 Å². The van der Waals surface area contributed by atoms with E-state index < -0.39 is 0 Å². The Kier molecular flexibility index (Phi) is 7.14. The SMILES string of the molecule is CCC(C)c1ccc(N2c3ccc(Oc4ccccc4)cc3-c3ccccc3-c3cc(Oc4ccccc4)ccc32)cc1. The molecule has 0 fully saturated rings. The van der Waals surface area contributed by atoms with Crippen LogP contribution in [-0.2, 0) is 0 Å². The van der Waals surface area contributed by atoms with Crippen LogP contribution in [0.1, 0.15) is 31.7 Å². The second kappa shape index (κ2) is 11.5. The summed E-state index contributed by atoms with van der Waals surface area (Å²) in [6, 6.07) is 50.3. The molecule has 6 aromatic rings. The zero-order chi connectivity index (χ0) is 29.2. The van der Waals surface area contributed by atoms with E-state index in [1.807, 2.05) is 60.7 Å². The number of hydrogen-bond donors (Lipinski definition) is 0. The van der Waals surface area contributed by atoms with E-state index in [9.17, 15) is 0 Å². The molecule has 0 aliphatic carbocycles. The number of ether oxygens (including phenoxy) is 2. The van der Waals surface area contributed by atoms with Crippen LogP contribution < -0.4 is 14.4 Å². The smallest absolute Gasteiger partial charge is 0.128 e. The molecule has 0 radical (unpaired) electrons. The first-order valence-electron chi connectivity index (χ1n) is 14.9. The highest BCUT2D eigenvalue weighted by molar-refractivity contribution is 6.03. The molecule has 0 aromatic heterocycles. The Morgan fingerprint density at radius 3 is 1.42 bits per heavy atom. The first-order chi connectivity index (χ1) is 21.2. The summed E-state index contributed by atoms with van der Waals surface area (Å²) in [6.07, 6.45) is 1.11. The molecule has 6 aromatic carbocycles. The molecule has 3 nitrogen and oxygen atoms in total. The van der Waals surface area contributed by atoms with E-state index in [0.29, 0.717) is 5.92 Å². The van der Waals surface area contributed by atoms with Crippen LogP contribution >= 0.6 is 0 Å². The van der Waals surface area contributed by atoms with Gasteiger partial charge in [-0.1, -0.05) is 86.6 Å². The van der Waals surface area contributed by atoms with Crippen molar-refractivity contribution in [2.24, 2.45) is 0 Å². The molecular formula is C40H33NO2. The van der Waals surface area contributed by atoms with E-state index in [1.54, 1.807) is 0 Å². The fourth-order valence-corrected chi connectivity index (χ4v) is 5.78. The summed E-state index contributed by atoms with van der Waals surface area (Å²) >= 11 is 0. The third-order valence-corrected chi connectivity index (χ3v) is 8.22. The van der Waals surface area contributed by atoms with Gasteiger partial charge in [0, 0.05) is 16.8 Å². The maximum atomic E-state index is 6.32. The van der Waals surface area contributed by atoms with Crippen LogP contribution in [0.25, 0.3) is 22.3 Å². The predicted molar refractivity (Wildman–Crippen MR) is 177 cm³/mol. The first kappa shape index (κ1) is 26.6. The summed E-state index contributed by atoms with van der Waals surface area (Å²) in [4.78, 5) is 2.36. The number of fused-ring (bicyclic) bond motifs is 5. The van der Waals surface area contributed by atoms with Crippen molar-refractivity contribution in [3.05, 3.63) is 151 Å². The van der Waals surface area contributed by atoms with Crippen molar-refractivity contribution in [3.63, 3.8) is 0 Å². The molecule has 7 rings (SSSR count). The molecule has 1 atom stereocenters. The van der Waals surface area contributed by atoms with Crippen molar-refractivity contribution in [2.75, 3.05) is 4.90 Å². The van der Waals surface area contributed by atoms with Gasteiger partial charge in [0.2, 0.25) is 0 Å². The van der Waals surface area contributed by atoms with Crippen molar-refractivity contribution >= 4 is 17.1 Å². The van der Waals surface area contributed by atoms with Gasteiger partial charge in [0.05, 0.1) is 11.4 Å². The van der Waals surface area contributed by atoms with Crippen LogP contribution in [0.2, 0.25) is 0 Å². The van der Waals surface area contributed by atoms with Crippen LogP contribution in [-0.4, -0.2) is 0 Å². The van der Waals surface area contributed by atoms with E-state index >= 15 is 0 Å². The second-order valence-electron chi connectivity index (χ2n) is 11.0. The van der Waals surface area contributed by atoms with Gasteiger partial charge in [-0.25, -0.2) is 0 Å². The van der Waals surface area contributed by atoms with Crippen LogP contribution in [0, 0.1) is 0 Å². The number of hydrogen-bond acceptors (Lipinski definition) is 3. The van der Waals surface area contributed by atoms with Crippen LogP contribution in [0.15, 0.2) is 146 Å². The van der Waals surface area contributed by atoms with Gasteiger partial charge >= 0.3 is 0 Å². The summed E-state index contributed by atoms with van der Waals surface area (Å²) in [5.41, 5.74) is 9.16. The van der Waals surface area contributed by atoms with Gasteiger partial charge in [0.15, 0.2) is 0 Å². The lowest BCUT2D eigenvalue weighted by molar-refractivity contribution is 0.482. The summed E-state index contributed by atoms with van der Waals surface area (Å²) in [5.74, 6) is 3.73. The van der Waals surface area contributed by atoms with Gasteiger partial charge in [-0.2, -0.15) is 0 Å². The molecule has 3 heteroatoms. The van der Waals surface area contributed by atoms with E-state index in [2.05, 4.69) is 104 Å². The normalized spacial score (nSPS) is 12.4. The Morgan fingerprint density at radius 2 is 0.953 bits per heavy atom. The summed E-state index contributed by atoms with van der Waals surface area (Å²) in [5, 5.41) is 0. The van der Waals surface area contributed by atoms with Crippen molar-refractivity contribution in [2.45, 2.75) is 26.2 Å². The van der Waals surface area contributed by atoms with Gasteiger partial charge in [-0.3, -0.25) is 0 Å². The average molecular weight is 560 g/mol. The molecule has 1 heterocycles. The third-order valence-electron chi connectivity index (χ3n) is 8.22. The summed E-state index contributed by atoms with van der Waals surface area (Å²) < 4.78 is 12.6. The Bertz CT molecular complexity index is 1750. The largest absolute Gasteiger partial charge is 0.457 e. The zero-order valence-electron chi connectivity index (χ0n) is 24.4. The molecule has 1 aliphatic heterocycles. The third kappa shape index (κ3) is 5.26. The highest BCUT2D eigenvalue weighted by Gasteiger charge is 2.27. The van der Waals surface area contributed by atoms with Crippen LogP contribution in [0.3, 0.4) is 0 Å². The number of benzene rings is 6. The number of nitrogens with zero attached hydrogens (tertiary/aromatic N) is 1. The van der Waals surface area contributed by atoms with Gasteiger partial charge in [-0.15, -0.1) is 0 Å². The molecule has 0 saturated heterocycles. The van der Waals surface area contributed by atoms with E-state index in [4.69, 9.17) is 9.47 Å². The Balaban J connectivity index is 1.42. The Labute approximate surface area is 253 Å². The Hall–Kier alpha value is -5.28. The molecule has 0 spiro atoms. The number of rotatable bonds is 7. The minimum absolute atomic E-state index is 0.511. The van der Waals surface area contributed by atoms with Gasteiger partial charge in [0.25, 0.3) is 0 Å². The minimum atomic E-state index is 0.511. The summed E-state index contributed by atoms with van der Waals surface area (Å²) in [6.45, 7) is 4.52. The first-order valence-corrected chi connectivity index (χ1v) is 14.9. The molecule has 210 valence electrons. The molecule has 0 saturated carbocycles. The fraction of sp³-hybridized carbons (Fsp3) is 0.100. The zero-order valence-corrected chi connectivity index (χ0v) is 24.4. The lowest BCUT2D eigenvalue weighted by Crippen LogP contribution is -2.11. The van der Waals surface area contributed by atoms with Crippen molar-refractivity contribution in [1.82, 2.24) is 0 Å². The lowest BCUT2D eigenvalue weighted by Gasteiger charge is -2.28. The van der Waals surface area contributed by atoms with E-state index in [1.165, 1.54) is 5.56 Å². The maximum Gasteiger partial charge on any atom is 0.128 e. The topological polar surface area (TPSA) is 21.7 Å².